The number of carboxylic acids is 2. The second-order valence-electron chi connectivity index (χ2n) is 10.4. The number of hydrogen-bond acceptors (Lipinski definition) is 9. The van der Waals surface area contributed by atoms with E-state index < -0.39 is 24.1 Å². The summed E-state index contributed by atoms with van der Waals surface area (Å²) in [6.45, 7) is 7.99. The summed E-state index contributed by atoms with van der Waals surface area (Å²) in [5.74, 6) is -1.90. The van der Waals surface area contributed by atoms with Crippen molar-refractivity contribution in [3.8, 4) is 0 Å². The summed E-state index contributed by atoms with van der Waals surface area (Å²) in [6, 6.07) is 8.09. The molecule has 2 saturated heterocycles. The number of carboxylic acid groups (broad SMARTS) is 2. The molecule has 0 aliphatic carbocycles. The third kappa shape index (κ3) is 7.99. The Morgan fingerprint density at radius 1 is 1.08 bits per heavy atom. The van der Waals surface area contributed by atoms with Crippen LogP contribution < -0.4 is 0 Å². The molecule has 1 aromatic rings. The zero-order chi connectivity index (χ0) is 27.0. The van der Waals surface area contributed by atoms with Crippen molar-refractivity contribution in [3.63, 3.8) is 0 Å². The molecule has 208 valence electrons. The van der Waals surface area contributed by atoms with Crippen LogP contribution in [0.3, 0.4) is 0 Å². The number of rotatable bonds is 12. The summed E-state index contributed by atoms with van der Waals surface area (Å²) < 4.78 is 5.87. The summed E-state index contributed by atoms with van der Waals surface area (Å²) in [6.07, 6.45) is 5.05. The van der Waals surface area contributed by atoms with Crippen LogP contribution in [0.1, 0.15) is 50.2 Å². The first kappa shape index (κ1) is 28.0. The van der Waals surface area contributed by atoms with Crippen molar-refractivity contribution in [3.05, 3.63) is 35.4 Å². The van der Waals surface area contributed by atoms with Gasteiger partial charge in [0.25, 0.3) is 0 Å². The van der Waals surface area contributed by atoms with Gasteiger partial charge in [-0.2, -0.15) is 5.10 Å². The van der Waals surface area contributed by atoms with Crippen molar-refractivity contribution in [2.75, 3.05) is 59.0 Å². The molecule has 3 aliphatic heterocycles. The highest BCUT2D eigenvalue weighted by atomic mass is 16.6. The monoisotopic (exact) mass is 529 g/mol. The zero-order valence-corrected chi connectivity index (χ0v) is 22.1. The van der Waals surface area contributed by atoms with Gasteiger partial charge in [-0.15, -0.1) is 0 Å². The highest BCUT2D eigenvalue weighted by Gasteiger charge is 2.40. The van der Waals surface area contributed by atoms with E-state index in [1.807, 2.05) is 35.4 Å². The average Bonchev–Trinajstić information content (AvgIpc) is 3.37. The summed E-state index contributed by atoms with van der Waals surface area (Å²) in [7, 11) is 0. The number of benzene rings is 1. The smallest absolute Gasteiger partial charge is 0.329 e. The molecule has 2 fully saturated rings. The molecule has 38 heavy (non-hydrogen) atoms. The van der Waals surface area contributed by atoms with E-state index in [-0.39, 0.29) is 12.6 Å². The van der Waals surface area contributed by atoms with Crippen LogP contribution in [0.2, 0.25) is 0 Å². The second-order valence-corrected chi connectivity index (χ2v) is 10.4. The zero-order valence-electron chi connectivity index (χ0n) is 22.1. The molecule has 0 aromatic heterocycles. The van der Waals surface area contributed by atoms with Crippen molar-refractivity contribution >= 4 is 23.9 Å². The van der Waals surface area contributed by atoms with Crippen LogP contribution >= 0.6 is 0 Å². The third-order valence-electron chi connectivity index (χ3n) is 7.46. The molecule has 1 aromatic carbocycles. The number of piperazine rings is 1. The lowest BCUT2D eigenvalue weighted by atomic mass is 9.84. The van der Waals surface area contributed by atoms with Gasteiger partial charge in [0.1, 0.15) is 12.7 Å². The number of carbonyl (C=O) groups is 2. The fraction of sp³-hybridized carbons (Fsp3) is 0.630. The Morgan fingerprint density at radius 3 is 2.42 bits per heavy atom. The Balaban J connectivity index is 1.29. The summed E-state index contributed by atoms with van der Waals surface area (Å²) >= 11 is 0. The molecular formula is C27H39N5O6. The van der Waals surface area contributed by atoms with E-state index >= 15 is 0 Å². The van der Waals surface area contributed by atoms with Crippen LogP contribution in [0.5, 0.6) is 0 Å². The Bertz CT molecular complexity index is 998. The standard InChI is InChI=1S/C27H39N5O6/c1-2-9-30-12-14-32(15-13-30)28-18-21-3-5-22(6-4-21)24-16-23(38-29-24)17-27(37-20-26(35)36)7-10-31(11-8-27)19-25(33)34/h3-6,18,23H,2,7-17,19-20H2,1H3,(H,33,34)(H,35,36)/b28-18+. The molecule has 0 spiro atoms. The number of aliphatic carboxylic acids is 2. The molecule has 2 N–H and O–H groups in total. The Labute approximate surface area is 223 Å². The minimum Gasteiger partial charge on any atom is -0.480 e. The predicted octanol–water partition coefficient (Wildman–Crippen LogP) is 1.95. The number of ether oxygens (including phenoxy) is 1. The second kappa shape index (κ2) is 13.2. The summed E-state index contributed by atoms with van der Waals surface area (Å²) in [4.78, 5) is 32.3. The van der Waals surface area contributed by atoms with Crippen LogP contribution in [0.4, 0.5) is 0 Å². The van der Waals surface area contributed by atoms with E-state index in [1.165, 1.54) is 6.42 Å². The predicted molar refractivity (Wildman–Crippen MR) is 143 cm³/mol. The van der Waals surface area contributed by atoms with Gasteiger partial charge in [-0.05, 0) is 36.9 Å². The Kier molecular flexibility index (Phi) is 9.70. The molecular weight excluding hydrogens is 490 g/mol. The largest absolute Gasteiger partial charge is 0.480 e. The van der Waals surface area contributed by atoms with E-state index in [0.29, 0.717) is 38.8 Å². The van der Waals surface area contributed by atoms with Gasteiger partial charge in [-0.25, -0.2) is 4.79 Å². The van der Waals surface area contributed by atoms with E-state index in [4.69, 9.17) is 19.8 Å². The molecule has 0 radical (unpaired) electrons. The number of oxime groups is 1. The quantitative estimate of drug-likeness (QED) is 0.391. The van der Waals surface area contributed by atoms with E-state index in [0.717, 1.165) is 49.6 Å². The van der Waals surface area contributed by atoms with Crippen molar-refractivity contribution in [2.24, 2.45) is 10.3 Å². The number of nitrogens with zero attached hydrogens (tertiary/aromatic N) is 5. The topological polar surface area (TPSA) is 127 Å². The number of hydrogen-bond donors (Lipinski definition) is 2. The van der Waals surface area contributed by atoms with Gasteiger partial charge in [-0.1, -0.05) is 36.3 Å². The summed E-state index contributed by atoms with van der Waals surface area (Å²) in [5, 5.41) is 29.3. The highest BCUT2D eigenvalue weighted by Crippen LogP contribution is 2.34. The van der Waals surface area contributed by atoms with E-state index in [9.17, 15) is 9.59 Å². The SMILES string of the molecule is CCCN1CCN(/N=C/c2ccc(C3=NOC(CC4(OCC(=O)O)CCN(CC(=O)O)CC4)C3)cc2)CC1. The van der Waals surface area contributed by atoms with Gasteiger partial charge in [0.15, 0.2) is 0 Å². The molecule has 1 atom stereocenters. The van der Waals surface area contributed by atoms with Gasteiger partial charge in [-0.3, -0.25) is 19.6 Å². The van der Waals surface area contributed by atoms with Crippen LogP contribution in [-0.2, 0) is 19.2 Å². The van der Waals surface area contributed by atoms with Crippen LogP contribution in [0.25, 0.3) is 0 Å². The van der Waals surface area contributed by atoms with E-state index in [1.54, 1.807) is 0 Å². The van der Waals surface area contributed by atoms with Crippen LogP contribution in [0, 0.1) is 0 Å². The molecule has 3 aliphatic rings. The van der Waals surface area contributed by atoms with Crippen molar-refractivity contribution < 1.29 is 29.4 Å². The van der Waals surface area contributed by atoms with Gasteiger partial charge in [0.2, 0.25) is 0 Å². The highest BCUT2D eigenvalue weighted by molar-refractivity contribution is 6.01. The average molecular weight is 530 g/mol. The normalized spacial score (nSPS) is 22.4. The number of likely N-dealkylation sites (tertiary alicyclic amines) is 1. The first-order valence-electron chi connectivity index (χ1n) is 13.5. The molecule has 1 unspecified atom stereocenters. The molecule has 0 amide bonds. The minimum atomic E-state index is -1.02. The number of hydrazone groups is 1. The Hall–Kier alpha value is -3.02. The molecule has 0 bridgehead atoms. The fourth-order valence-electron chi connectivity index (χ4n) is 5.36. The molecule has 11 heteroatoms. The number of piperidine rings is 1. The van der Waals surface area contributed by atoms with Crippen molar-refractivity contribution in [1.82, 2.24) is 14.8 Å². The maximum Gasteiger partial charge on any atom is 0.329 e. The van der Waals surface area contributed by atoms with Crippen LogP contribution in [-0.4, -0.2) is 120 Å². The van der Waals surface area contributed by atoms with Crippen molar-refractivity contribution in [1.29, 1.82) is 0 Å². The van der Waals surface area contributed by atoms with Gasteiger partial charge >= 0.3 is 11.9 Å². The molecule has 11 nitrogen and oxygen atoms in total. The van der Waals surface area contributed by atoms with Crippen molar-refractivity contribution in [2.45, 2.75) is 50.7 Å². The lowest BCUT2D eigenvalue weighted by molar-refractivity contribution is -0.159. The molecule has 3 heterocycles. The third-order valence-corrected chi connectivity index (χ3v) is 7.46. The lowest BCUT2D eigenvalue weighted by Gasteiger charge is -2.41. The first-order chi connectivity index (χ1) is 18.3. The maximum absolute atomic E-state index is 11.2. The van der Waals surface area contributed by atoms with E-state index in [2.05, 4.69) is 27.1 Å². The van der Waals surface area contributed by atoms with Gasteiger partial charge < -0.3 is 19.8 Å². The minimum absolute atomic E-state index is 0.0293. The molecule has 4 rings (SSSR count). The lowest BCUT2D eigenvalue weighted by Crippen LogP contribution is -2.49. The maximum atomic E-state index is 11.2. The first-order valence-corrected chi connectivity index (χ1v) is 13.5. The fourth-order valence-corrected chi connectivity index (χ4v) is 5.36. The van der Waals surface area contributed by atoms with Gasteiger partial charge in [0.05, 0.1) is 24.1 Å². The molecule has 0 saturated carbocycles. The summed E-state index contributed by atoms with van der Waals surface area (Å²) in [5.41, 5.74) is 2.18. The Morgan fingerprint density at radius 2 is 1.79 bits per heavy atom. The van der Waals surface area contributed by atoms with Crippen LogP contribution in [0.15, 0.2) is 34.5 Å². The van der Waals surface area contributed by atoms with Gasteiger partial charge in [0, 0.05) is 52.1 Å².